The summed E-state index contributed by atoms with van der Waals surface area (Å²) in [6.07, 6.45) is 1.60. The topological polar surface area (TPSA) is 65.7 Å². The molecule has 5 heteroatoms. The first kappa shape index (κ1) is 9.92. The molecule has 2 rings (SSSR count). The van der Waals surface area contributed by atoms with Crippen LogP contribution in [0.25, 0.3) is 0 Å². The fourth-order valence-electron chi connectivity index (χ4n) is 1.31. The first-order valence-corrected chi connectivity index (χ1v) is 5.47. The maximum absolute atomic E-state index is 11.0. The Bertz CT molecular complexity index is 539. The van der Waals surface area contributed by atoms with Crippen LogP contribution in [0.3, 0.4) is 0 Å². The predicted octanol–water partition coefficient (Wildman–Crippen LogP) is 0.910. The summed E-state index contributed by atoms with van der Waals surface area (Å²) in [4.78, 5) is 23.1. The molecule has 0 spiro atoms. The highest BCUT2D eigenvalue weighted by Gasteiger charge is 1.99. The number of aromatic nitrogens is 2. The average molecular weight is 222 g/mol. The van der Waals surface area contributed by atoms with Crippen molar-refractivity contribution in [2.24, 2.45) is 0 Å². The average Bonchev–Trinajstić information content (AvgIpc) is 2.73. The Morgan fingerprint density at radius 3 is 2.73 bits per heavy atom. The molecular weight excluding hydrogens is 212 g/mol. The zero-order valence-corrected chi connectivity index (χ0v) is 8.76. The highest BCUT2D eigenvalue weighted by atomic mass is 32.1. The van der Waals surface area contributed by atoms with Crippen molar-refractivity contribution in [2.75, 3.05) is 0 Å². The fraction of sp³-hybridized carbons (Fsp3) is 0.200. The van der Waals surface area contributed by atoms with Crippen molar-refractivity contribution < 1.29 is 0 Å². The standard InChI is InChI=1S/C10H10N2O2S/c13-9-6-7(11-12-10(9)14)3-4-8-2-1-5-15-8/h1-2,5-6H,3-4H2,(H,11,13)(H,12,14). The quantitative estimate of drug-likeness (QED) is 0.758. The highest BCUT2D eigenvalue weighted by molar-refractivity contribution is 7.09. The Labute approximate surface area is 89.6 Å². The van der Waals surface area contributed by atoms with Crippen molar-refractivity contribution in [3.8, 4) is 0 Å². The molecule has 4 nitrogen and oxygen atoms in total. The third kappa shape index (κ3) is 2.44. The van der Waals surface area contributed by atoms with Crippen molar-refractivity contribution in [1.82, 2.24) is 10.2 Å². The van der Waals surface area contributed by atoms with E-state index < -0.39 is 11.0 Å². The number of aryl methyl sites for hydroxylation is 2. The van der Waals surface area contributed by atoms with Gasteiger partial charge in [0.05, 0.1) is 0 Å². The summed E-state index contributed by atoms with van der Waals surface area (Å²) in [7, 11) is 0. The van der Waals surface area contributed by atoms with Crippen LogP contribution in [0.5, 0.6) is 0 Å². The van der Waals surface area contributed by atoms with Crippen molar-refractivity contribution in [2.45, 2.75) is 12.8 Å². The predicted molar refractivity (Wildman–Crippen MR) is 59.4 cm³/mol. The van der Waals surface area contributed by atoms with Crippen LogP contribution < -0.4 is 11.0 Å². The molecule has 0 aliphatic rings. The van der Waals surface area contributed by atoms with Crippen LogP contribution in [-0.2, 0) is 12.8 Å². The van der Waals surface area contributed by atoms with E-state index in [-0.39, 0.29) is 0 Å². The largest absolute Gasteiger partial charge is 0.310 e. The molecule has 2 N–H and O–H groups in total. The zero-order chi connectivity index (χ0) is 10.7. The van der Waals surface area contributed by atoms with Gasteiger partial charge in [-0.15, -0.1) is 11.3 Å². The summed E-state index contributed by atoms with van der Waals surface area (Å²) in [5.41, 5.74) is -0.335. The molecule has 2 heterocycles. The summed E-state index contributed by atoms with van der Waals surface area (Å²) in [5, 5.41) is 7.03. The van der Waals surface area contributed by atoms with Gasteiger partial charge >= 0.3 is 5.56 Å². The van der Waals surface area contributed by atoms with E-state index in [2.05, 4.69) is 16.3 Å². The van der Waals surface area contributed by atoms with Crippen molar-refractivity contribution in [3.63, 3.8) is 0 Å². The van der Waals surface area contributed by atoms with Gasteiger partial charge in [-0.25, -0.2) is 0 Å². The van der Waals surface area contributed by atoms with Gasteiger partial charge in [0.25, 0.3) is 0 Å². The molecular formula is C10H10N2O2S. The molecule has 0 saturated carbocycles. The van der Waals surface area contributed by atoms with Crippen molar-refractivity contribution >= 4 is 11.3 Å². The van der Waals surface area contributed by atoms with Gasteiger partial charge in [0, 0.05) is 16.6 Å². The van der Waals surface area contributed by atoms with Gasteiger partial charge in [0.15, 0.2) is 0 Å². The molecule has 0 atom stereocenters. The number of thiophene rings is 1. The third-order valence-electron chi connectivity index (χ3n) is 2.09. The van der Waals surface area contributed by atoms with Gasteiger partial charge in [-0.2, -0.15) is 0 Å². The Balaban J connectivity index is 2.09. The van der Waals surface area contributed by atoms with E-state index in [1.807, 2.05) is 11.4 Å². The monoisotopic (exact) mass is 222 g/mol. The van der Waals surface area contributed by atoms with Gasteiger partial charge < -0.3 is 5.10 Å². The SMILES string of the molecule is O=c1cc(CCc2cccs2)[nH][nH]c1=O. The van der Waals surface area contributed by atoms with E-state index in [1.54, 1.807) is 11.3 Å². The third-order valence-corrected chi connectivity index (χ3v) is 3.02. The van der Waals surface area contributed by atoms with Gasteiger partial charge in [-0.1, -0.05) is 6.07 Å². The lowest BCUT2D eigenvalue weighted by atomic mass is 10.2. The minimum absolute atomic E-state index is 0.491. The zero-order valence-electron chi connectivity index (χ0n) is 7.95. The van der Waals surface area contributed by atoms with Crippen molar-refractivity contribution in [1.29, 1.82) is 0 Å². The molecule has 0 aliphatic carbocycles. The first-order valence-electron chi connectivity index (χ1n) is 4.59. The molecule has 78 valence electrons. The second-order valence-electron chi connectivity index (χ2n) is 3.19. The summed E-state index contributed by atoms with van der Waals surface area (Å²) in [6, 6.07) is 5.40. The van der Waals surface area contributed by atoms with Crippen LogP contribution in [0.1, 0.15) is 10.6 Å². The van der Waals surface area contributed by atoms with Gasteiger partial charge in [0.1, 0.15) is 0 Å². The minimum atomic E-state index is -0.602. The molecule has 0 fully saturated rings. The lowest BCUT2D eigenvalue weighted by Gasteiger charge is -1.98. The van der Waals surface area contributed by atoms with Gasteiger partial charge in [-0.3, -0.25) is 14.7 Å². The van der Waals surface area contributed by atoms with E-state index in [1.165, 1.54) is 10.9 Å². The second kappa shape index (κ2) is 4.27. The smallest absolute Gasteiger partial charge is 0.302 e. The number of hydrogen-bond donors (Lipinski definition) is 2. The molecule has 0 aromatic carbocycles. The van der Waals surface area contributed by atoms with Crippen LogP contribution >= 0.6 is 11.3 Å². The maximum atomic E-state index is 11.0. The first-order chi connectivity index (χ1) is 7.25. The van der Waals surface area contributed by atoms with E-state index in [0.29, 0.717) is 0 Å². The number of H-pyrrole nitrogens is 2. The summed E-state index contributed by atoms with van der Waals surface area (Å²) < 4.78 is 0. The van der Waals surface area contributed by atoms with Gasteiger partial charge in [0.2, 0.25) is 5.43 Å². The maximum Gasteiger partial charge on any atom is 0.310 e. The summed E-state index contributed by atoms with van der Waals surface area (Å²) in [6.45, 7) is 0. The van der Waals surface area contributed by atoms with E-state index in [4.69, 9.17) is 0 Å². The molecule has 0 radical (unpaired) electrons. The van der Waals surface area contributed by atoms with Crippen LogP contribution in [-0.4, -0.2) is 10.2 Å². The van der Waals surface area contributed by atoms with Crippen LogP contribution in [0.4, 0.5) is 0 Å². The normalized spacial score (nSPS) is 10.4. The molecule has 15 heavy (non-hydrogen) atoms. The lowest BCUT2D eigenvalue weighted by molar-refractivity contribution is 0.844. The molecule has 0 bridgehead atoms. The number of nitrogens with one attached hydrogen (secondary N) is 2. The van der Waals surface area contributed by atoms with E-state index in [9.17, 15) is 9.59 Å². The van der Waals surface area contributed by atoms with E-state index in [0.717, 1.165) is 18.5 Å². The Morgan fingerprint density at radius 1 is 1.20 bits per heavy atom. The van der Waals surface area contributed by atoms with E-state index >= 15 is 0 Å². The summed E-state index contributed by atoms with van der Waals surface area (Å²) >= 11 is 1.69. The Kier molecular flexibility index (Phi) is 2.82. The number of rotatable bonds is 3. The molecule has 2 aromatic heterocycles. The van der Waals surface area contributed by atoms with Gasteiger partial charge in [-0.05, 0) is 24.3 Å². The van der Waals surface area contributed by atoms with Crippen LogP contribution in [0.15, 0.2) is 33.2 Å². The molecule has 0 saturated heterocycles. The molecule has 2 aromatic rings. The van der Waals surface area contributed by atoms with Crippen molar-refractivity contribution in [3.05, 3.63) is 54.7 Å². The lowest BCUT2D eigenvalue weighted by Crippen LogP contribution is -2.27. The van der Waals surface area contributed by atoms with Crippen LogP contribution in [0.2, 0.25) is 0 Å². The second-order valence-corrected chi connectivity index (χ2v) is 4.22. The molecule has 0 unspecified atom stereocenters. The minimum Gasteiger partial charge on any atom is -0.302 e. The molecule has 0 amide bonds. The van der Waals surface area contributed by atoms with Crippen LogP contribution in [0, 0.1) is 0 Å². The molecule has 0 aliphatic heterocycles. The Hall–Kier alpha value is -1.62. The highest BCUT2D eigenvalue weighted by Crippen LogP contribution is 2.10. The summed E-state index contributed by atoms with van der Waals surface area (Å²) in [5.74, 6) is 0. The Morgan fingerprint density at radius 2 is 2.07 bits per heavy atom. The fourth-order valence-corrected chi connectivity index (χ4v) is 2.01. The number of hydrogen-bond acceptors (Lipinski definition) is 3. The number of aromatic amines is 2.